The first-order chi connectivity index (χ1) is 7.33. The maximum Gasteiger partial charge on any atom is 0.0719 e. The fraction of sp³-hybridized carbons (Fsp3) is 0.417. The highest BCUT2D eigenvalue weighted by Crippen LogP contribution is 2.05. The summed E-state index contributed by atoms with van der Waals surface area (Å²) in [7, 11) is 0. The average molecular weight is 204 g/mol. The molecular formula is C12H16N2O. The Morgan fingerprint density at radius 2 is 2.13 bits per heavy atom. The second-order valence-corrected chi connectivity index (χ2v) is 3.34. The zero-order valence-electron chi connectivity index (χ0n) is 8.94. The van der Waals surface area contributed by atoms with E-state index in [0.29, 0.717) is 13.0 Å². The van der Waals surface area contributed by atoms with Gasteiger partial charge in [0.1, 0.15) is 0 Å². The molecule has 1 N–H and O–H groups in total. The highest BCUT2D eigenvalue weighted by atomic mass is 16.5. The Bertz CT molecular complexity index is 305. The highest BCUT2D eigenvalue weighted by molar-refractivity contribution is 5.42. The molecule has 0 heterocycles. The summed E-state index contributed by atoms with van der Waals surface area (Å²) >= 11 is 0. The predicted octanol–water partition coefficient (Wildman–Crippen LogP) is 2.42. The van der Waals surface area contributed by atoms with Gasteiger partial charge >= 0.3 is 0 Å². The summed E-state index contributed by atoms with van der Waals surface area (Å²) in [6.45, 7) is 3.26. The zero-order valence-corrected chi connectivity index (χ0v) is 8.94. The highest BCUT2D eigenvalue weighted by Gasteiger charge is 2.00. The second kappa shape index (κ2) is 6.86. The van der Waals surface area contributed by atoms with E-state index in [1.807, 2.05) is 37.3 Å². The number of nitrogens with one attached hydrogen (secondary N) is 1. The molecule has 1 atom stereocenters. The Balaban J connectivity index is 2.17. The standard InChI is InChI=1S/C12H16N2O/c1-11(15-9-5-8-13)10-14-12-6-3-2-4-7-12/h2-4,6-7,11,14H,5,9-10H2,1H3. The molecule has 1 rings (SSSR count). The fourth-order valence-corrected chi connectivity index (χ4v) is 1.18. The van der Waals surface area contributed by atoms with E-state index in [4.69, 9.17) is 10.00 Å². The minimum atomic E-state index is 0.124. The number of benzene rings is 1. The molecule has 0 aliphatic heterocycles. The monoisotopic (exact) mass is 204 g/mol. The molecule has 3 nitrogen and oxygen atoms in total. The van der Waals surface area contributed by atoms with Crippen molar-refractivity contribution in [1.29, 1.82) is 5.26 Å². The molecule has 1 unspecified atom stereocenters. The fourth-order valence-electron chi connectivity index (χ4n) is 1.18. The van der Waals surface area contributed by atoms with E-state index >= 15 is 0 Å². The Morgan fingerprint density at radius 3 is 2.80 bits per heavy atom. The van der Waals surface area contributed by atoms with Gasteiger partial charge < -0.3 is 10.1 Å². The van der Waals surface area contributed by atoms with Gasteiger partial charge in [0.15, 0.2) is 0 Å². The quantitative estimate of drug-likeness (QED) is 0.724. The van der Waals surface area contributed by atoms with Crippen LogP contribution in [0.15, 0.2) is 30.3 Å². The number of hydrogen-bond acceptors (Lipinski definition) is 3. The van der Waals surface area contributed by atoms with E-state index < -0.39 is 0 Å². The van der Waals surface area contributed by atoms with Gasteiger partial charge in [0.2, 0.25) is 0 Å². The topological polar surface area (TPSA) is 45.0 Å². The van der Waals surface area contributed by atoms with E-state index in [1.165, 1.54) is 0 Å². The second-order valence-electron chi connectivity index (χ2n) is 3.34. The lowest BCUT2D eigenvalue weighted by molar-refractivity contribution is 0.0791. The van der Waals surface area contributed by atoms with Crippen LogP contribution in [0.4, 0.5) is 5.69 Å². The molecule has 0 saturated heterocycles. The number of nitrogens with zero attached hydrogens (tertiary/aromatic N) is 1. The molecule has 0 aromatic heterocycles. The van der Waals surface area contributed by atoms with Crippen LogP contribution in [0.2, 0.25) is 0 Å². The number of anilines is 1. The first-order valence-corrected chi connectivity index (χ1v) is 5.10. The Hall–Kier alpha value is -1.53. The van der Waals surface area contributed by atoms with E-state index in [2.05, 4.69) is 11.4 Å². The SMILES string of the molecule is CC(CNc1ccccc1)OCCC#N. The maximum absolute atomic E-state index is 8.34. The third-order valence-electron chi connectivity index (χ3n) is 1.98. The number of para-hydroxylation sites is 1. The summed E-state index contributed by atoms with van der Waals surface area (Å²) < 4.78 is 5.42. The number of nitriles is 1. The van der Waals surface area contributed by atoms with Crippen molar-refractivity contribution in [2.24, 2.45) is 0 Å². The third-order valence-corrected chi connectivity index (χ3v) is 1.98. The van der Waals surface area contributed by atoms with Crippen molar-refractivity contribution < 1.29 is 4.74 Å². The van der Waals surface area contributed by atoms with E-state index in [0.717, 1.165) is 12.2 Å². The molecule has 0 spiro atoms. The van der Waals surface area contributed by atoms with Crippen molar-refractivity contribution in [2.75, 3.05) is 18.5 Å². The summed E-state index contributed by atoms with van der Waals surface area (Å²) in [4.78, 5) is 0. The molecule has 0 fully saturated rings. The summed E-state index contributed by atoms with van der Waals surface area (Å²) in [5.74, 6) is 0. The lowest BCUT2D eigenvalue weighted by atomic mass is 10.3. The van der Waals surface area contributed by atoms with Crippen LogP contribution < -0.4 is 5.32 Å². The van der Waals surface area contributed by atoms with Crippen molar-refractivity contribution in [2.45, 2.75) is 19.4 Å². The molecule has 1 aromatic rings. The smallest absolute Gasteiger partial charge is 0.0719 e. The van der Waals surface area contributed by atoms with Crippen molar-refractivity contribution in [3.05, 3.63) is 30.3 Å². The van der Waals surface area contributed by atoms with E-state index in [1.54, 1.807) is 0 Å². The summed E-state index contributed by atoms with van der Waals surface area (Å²) in [6, 6.07) is 12.0. The molecule has 15 heavy (non-hydrogen) atoms. The molecular weight excluding hydrogens is 188 g/mol. The van der Waals surface area contributed by atoms with Gasteiger partial charge in [-0.3, -0.25) is 0 Å². The summed E-state index contributed by atoms with van der Waals surface area (Å²) in [5.41, 5.74) is 1.09. The molecule has 0 amide bonds. The maximum atomic E-state index is 8.34. The molecule has 0 saturated carbocycles. The number of ether oxygens (including phenoxy) is 1. The third kappa shape index (κ3) is 5.04. The molecule has 80 valence electrons. The van der Waals surface area contributed by atoms with Crippen LogP contribution in [-0.2, 0) is 4.74 Å². The Kier molecular flexibility index (Phi) is 5.28. The Morgan fingerprint density at radius 1 is 1.40 bits per heavy atom. The molecule has 0 aliphatic carbocycles. The molecule has 0 radical (unpaired) electrons. The Labute approximate surface area is 90.7 Å². The van der Waals surface area contributed by atoms with Crippen molar-refractivity contribution >= 4 is 5.69 Å². The van der Waals surface area contributed by atoms with Gasteiger partial charge in [-0.15, -0.1) is 0 Å². The van der Waals surface area contributed by atoms with E-state index in [9.17, 15) is 0 Å². The lowest BCUT2D eigenvalue weighted by Crippen LogP contribution is -2.20. The first kappa shape index (κ1) is 11.5. The van der Waals surface area contributed by atoms with Crippen molar-refractivity contribution in [3.8, 4) is 6.07 Å². The van der Waals surface area contributed by atoms with Gasteiger partial charge in [-0.25, -0.2) is 0 Å². The minimum Gasteiger partial charge on any atom is -0.382 e. The molecule has 0 bridgehead atoms. The minimum absolute atomic E-state index is 0.124. The van der Waals surface area contributed by atoms with E-state index in [-0.39, 0.29) is 6.10 Å². The molecule has 3 heteroatoms. The largest absolute Gasteiger partial charge is 0.382 e. The number of hydrogen-bond donors (Lipinski definition) is 1. The average Bonchev–Trinajstić information content (AvgIpc) is 2.28. The summed E-state index contributed by atoms with van der Waals surface area (Å²) in [6.07, 6.45) is 0.578. The normalized spacial score (nSPS) is 11.7. The molecule has 0 aliphatic rings. The van der Waals surface area contributed by atoms with Crippen LogP contribution in [0.1, 0.15) is 13.3 Å². The lowest BCUT2D eigenvalue weighted by Gasteiger charge is -2.13. The van der Waals surface area contributed by atoms with Crippen LogP contribution in [0.5, 0.6) is 0 Å². The van der Waals surface area contributed by atoms with Gasteiger partial charge in [0.25, 0.3) is 0 Å². The molecule has 1 aromatic carbocycles. The number of rotatable bonds is 6. The first-order valence-electron chi connectivity index (χ1n) is 5.10. The van der Waals surface area contributed by atoms with Crippen LogP contribution >= 0.6 is 0 Å². The summed E-state index contributed by atoms with van der Waals surface area (Å²) in [5, 5.41) is 11.6. The zero-order chi connectivity index (χ0) is 10.9. The van der Waals surface area contributed by atoms with Crippen LogP contribution in [0, 0.1) is 11.3 Å². The van der Waals surface area contributed by atoms with Crippen LogP contribution in [0.25, 0.3) is 0 Å². The van der Waals surface area contributed by atoms with Crippen LogP contribution in [-0.4, -0.2) is 19.3 Å². The predicted molar refractivity (Wildman–Crippen MR) is 60.6 cm³/mol. The van der Waals surface area contributed by atoms with Crippen molar-refractivity contribution in [3.63, 3.8) is 0 Å². The van der Waals surface area contributed by atoms with Gasteiger partial charge in [-0.05, 0) is 19.1 Å². The van der Waals surface area contributed by atoms with Gasteiger partial charge in [0.05, 0.1) is 25.2 Å². The van der Waals surface area contributed by atoms with Gasteiger partial charge in [-0.1, -0.05) is 18.2 Å². The van der Waals surface area contributed by atoms with Gasteiger partial charge in [0, 0.05) is 12.2 Å². The van der Waals surface area contributed by atoms with Gasteiger partial charge in [-0.2, -0.15) is 5.26 Å². The van der Waals surface area contributed by atoms with Crippen LogP contribution in [0.3, 0.4) is 0 Å². The van der Waals surface area contributed by atoms with Crippen molar-refractivity contribution in [1.82, 2.24) is 0 Å².